The highest BCUT2D eigenvalue weighted by Gasteiger charge is 2.31. The molecule has 3 aromatic carbocycles. The fourth-order valence-corrected chi connectivity index (χ4v) is 3.17. The molecule has 0 aromatic heterocycles. The van der Waals surface area contributed by atoms with Crippen LogP contribution in [0.5, 0.6) is 0 Å². The van der Waals surface area contributed by atoms with Crippen LogP contribution in [0.1, 0.15) is 27.4 Å². The van der Waals surface area contributed by atoms with E-state index in [1.165, 1.54) is 0 Å². The van der Waals surface area contributed by atoms with Crippen molar-refractivity contribution >= 4 is 23.4 Å². The molecule has 3 N–H and O–H groups in total. The maximum atomic E-state index is 12.7. The molecule has 0 saturated heterocycles. The molecule has 4 nitrogen and oxygen atoms in total. The highest BCUT2D eigenvalue weighted by Crippen LogP contribution is 2.28. The summed E-state index contributed by atoms with van der Waals surface area (Å²) in [6.45, 7) is 0. The average molecular weight is 379 g/mol. The van der Waals surface area contributed by atoms with Gasteiger partial charge in [0.25, 0.3) is 5.91 Å². The van der Waals surface area contributed by atoms with Gasteiger partial charge in [-0.3, -0.25) is 9.59 Å². The molecule has 0 radical (unpaired) electrons. The van der Waals surface area contributed by atoms with Crippen LogP contribution in [-0.4, -0.2) is 17.9 Å². The molecule has 0 aliphatic carbocycles. The summed E-state index contributed by atoms with van der Waals surface area (Å²) in [6.07, 6.45) is 0. The minimum Gasteiger partial charge on any atom is -0.368 e. The minimum atomic E-state index is -0.905. The Kier molecular flexibility index (Phi) is 5.89. The number of carbonyl (C=O) groups excluding carboxylic acids is 2. The predicted molar refractivity (Wildman–Crippen MR) is 107 cm³/mol. The number of halogens is 1. The van der Waals surface area contributed by atoms with Crippen molar-refractivity contribution in [3.63, 3.8) is 0 Å². The van der Waals surface area contributed by atoms with Gasteiger partial charge in [-0.05, 0) is 35.4 Å². The van der Waals surface area contributed by atoms with E-state index < -0.39 is 17.9 Å². The molecule has 0 aliphatic heterocycles. The Morgan fingerprint density at radius 3 is 1.70 bits per heavy atom. The van der Waals surface area contributed by atoms with Crippen LogP contribution in [0.4, 0.5) is 0 Å². The lowest BCUT2D eigenvalue weighted by Gasteiger charge is -2.27. The topological polar surface area (TPSA) is 72.2 Å². The molecular formula is C22H19ClN2O2. The molecule has 2 amide bonds. The number of hydrogen-bond donors (Lipinski definition) is 2. The first-order valence-electron chi connectivity index (χ1n) is 8.52. The predicted octanol–water partition coefficient (Wildman–Crippen LogP) is 3.76. The van der Waals surface area contributed by atoms with E-state index in [-0.39, 0.29) is 5.91 Å². The zero-order valence-electron chi connectivity index (χ0n) is 14.5. The number of hydrogen-bond acceptors (Lipinski definition) is 2. The summed E-state index contributed by atoms with van der Waals surface area (Å²) in [4.78, 5) is 25.0. The quantitative estimate of drug-likeness (QED) is 0.685. The summed E-state index contributed by atoms with van der Waals surface area (Å²) in [5.41, 5.74) is 7.88. The maximum Gasteiger partial charge on any atom is 0.251 e. The lowest BCUT2D eigenvalue weighted by molar-refractivity contribution is -0.120. The Balaban J connectivity index is 1.97. The molecular weight excluding hydrogens is 360 g/mol. The average Bonchev–Trinajstić information content (AvgIpc) is 2.69. The molecule has 1 atom stereocenters. The van der Waals surface area contributed by atoms with Crippen molar-refractivity contribution < 1.29 is 9.59 Å². The summed E-state index contributed by atoms with van der Waals surface area (Å²) in [5, 5.41) is 3.32. The minimum absolute atomic E-state index is 0.382. The van der Waals surface area contributed by atoms with Crippen LogP contribution in [-0.2, 0) is 4.79 Å². The Bertz CT molecular complexity index is 873. The third kappa shape index (κ3) is 4.54. The number of benzene rings is 3. The van der Waals surface area contributed by atoms with Crippen LogP contribution in [0, 0.1) is 0 Å². The second kappa shape index (κ2) is 8.52. The monoisotopic (exact) mass is 378 g/mol. The first-order chi connectivity index (χ1) is 13.1. The smallest absolute Gasteiger partial charge is 0.251 e. The third-order valence-electron chi connectivity index (χ3n) is 4.35. The number of amides is 2. The van der Waals surface area contributed by atoms with Gasteiger partial charge in [-0.25, -0.2) is 0 Å². The zero-order valence-corrected chi connectivity index (χ0v) is 15.3. The van der Waals surface area contributed by atoms with E-state index in [0.717, 1.165) is 11.1 Å². The summed E-state index contributed by atoms with van der Waals surface area (Å²) in [5.74, 6) is -1.39. The van der Waals surface area contributed by atoms with Crippen LogP contribution in [0.25, 0.3) is 0 Å². The van der Waals surface area contributed by atoms with Crippen molar-refractivity contribution in [2.75, 3.05) is 0 Å². The van der Waals surface area contributed by atoms with Crippen LogP contribution < -0.4 is 11.1 Å². The molecule has 0 heterocycles. The molecule has 0 unspecified atom stereocenters. The first-order valence-corrected chi connectivity index (χ1v) is 8.89. The number of carbonyl (C=O) groups is 2. The normalized spacial score (nSPS) is 11.8. The maximum absolute atomic E-state index is 12.7. The molecule has 3 rings (SSSR count). The van der Waals surface area contributed by atoms with Gasteiger partial charge in [-0.1, -0.05) is 72.3 Å². The van der Waals surface area contributed by atoms with Gasteiger partial charge in [0.2, 0.25) is 5.91 Å². The van der Waals surface area contributed by atoms with E-state index in [2.05, 4.69) is 5.32 Å². The van der Waals surface area contributed by atoms with Gasteiger partial charge in [0, 0.05) is 16.5 Å². The van der Waals surface area contributed by atoms with E-state index >= 15 is 0 Å². The third-order valence-corrected chi connectivity index (χ3v) is 4.60. The Labute approximate surface area is 163 Å². The molecule has 0 fully saturated rings. The Morgan fingerprint density at radius 2 is 1.26 bits per heavy atom. The molecule has 0 aliphatic rings. The molecule has 136 valence electrons. The zero-order chi connectivity index (χ0) is 19.2. The van der Waals surface area contributed by atoms with E-state index in [9.17, 15) is 9.59 Å². The second-order valence-corrected chi connectivity index (χ2v) is 6.60. The fraction of sp³-hybridized carbons (Fsp3) is 0.0909. The van der Waals surface area contributed by atoms with E-state index in [1.54, 1.807) is 24.3 Å². The lowest BCUT2D eigenvalue weighted by atomic mass is 9.84. The summed E-state index contributed by atoms with van der Waals surface area (Å²) < 4.78 is 0. The fourth-order valence-electron chi connectivity index (χ4n) is 3.04. The van der Waals surface area contributed by atoms with Gasteiger partial charge in [0.05, 0.1) is 0 Å². The first kappa shape index (κ1) is 18.7. The van der Waals surface area contributed by atoms with Crippen molar-refractivity contribution in [3.8, 4) is 0 Å². The molecule has 0 spiro atoms. The van der Waals surface area contributed by atoms with Crippen LogP contribution in [0.2, 0.25) is 5.02 Å². The SMILES string of the molecule is NC(=O)[C@@H](NC(=O)c1ccc(Cl)cc1)C(c1ccccc1)c1ccccc1. The summed E-state index contributed by atoms with van der Waals surface area (Å²) >= 11 is 5.88. The largest absolute Gasteiger partial charge is 0.368 e. The van der Waals surface area contributed by atoms with E-state index in [4.69, 9.17) is 17.3 Å². The van der Waals surface area contributed by atoms with Crippen LogP contribution >= 0.6 is 11.6 Å². The molecule has 0 bridgehead atoms. The Hall–Kier alpha value is -3.11. The van der Waals surface area contributed by atoms with Crippen molar-refractivity contribution in [3.05, 3.63) is 107 Å². The molecule has 5 heteroatoms. The lowest BCUT2D eigenvalue weighted by Crippen LogP contribution is -2.48. The van der Waals surface area contributed by atoms with Gasteiger partial charge in [-0.15, -0.1) is 0 Å². The van der Waals surface area contributed by atoms with E-state index in [0.29, 0.717) is 10.6 Å². The standard InChI is InChI=1S/C22H19ClN2O2/c23-18-13-11-17(12-14-18)22(27)25-20(21(24)26)19(15-7-3-1-4-8-15)16-9-5-2-6-10-16/h1-14,19-20H,(H2,24,26)(H,25,27)/t20-/m0/s1. The van der Waals surface area contributed by atoms with Crippen LogP contribution in [0.3, 0.4) is 0 Å². The van der Waals surface area contributed by atoms with E-state index in [1.807, 2.05) is 60.7 Å². The van der Waals surface area contributed by atoms with Gasteiger partial charge < -0.3 is 11.1 Å². The van der Waals surface area contributed by atoms with Crippen molar-refractivity contribution in [2.24, 2.45) is 5.73 Å². The highest BCUT2D eigenvalue weighted by atomic mass is 35.5. The second-order valence-electron chi connectivity index (χ2n) is 6.16. The molecule has 27 heavy (non-hydrogen) atoms. The van der Waals surface area contributed by atoms with Crippen molar-refractivity contribution in [1.82, 2.24) is 5.32 Å². The van der Waals surface area contributed by atoms with Crippen molar-refractivity contribution in [2.45, 2.75) is 12.0 Å². The van der Waals surface area contributed by atoms with Gasteiger partial charge >= 0.3 is 0 Å². The highest BCUT2D eigenvalue weighted by molar-refractivity contribution is 6.30. The number of nitrogens with two attached hydrogens (primary N) is 1. The number of primary amides is 1. The van der Waals surface area contributed by atoms with Gasteiger partial charge in [0.1, 0.15) is 6.04 Å². The molecule has 0 saturated carbocycles. The summed E-state index contributed by atoms with van der Waals surface area (Å²) in [7, 11) is 0. The summed E-state index contributed by atoms with van der Waals surface area (Å²) in [6, 6.07) is 24.6. The number of rotatable bonds is 6. The van der Waals surface area contributed by atoms with Crippen LogP contribution in [0.15, 0.2) is 84.9 Å². The molecule has 3 aromatic rings. The van der Waals surface area contributed by atoms with Gasteiger partial charge in [0.15, 0.2) is 0 Å². The van der Waals surface area contributed by atoms with Gasteiger partial charge in [-0.2, -0.15) is 0 Å². The number of nitrogens with one attached hydrogen (secondary N) is 1. The Morgan fingerprint density at radius 1 is 0.778 bits per heavy atom. The van der Waals surface area contributed by atoms with Crippen molar-refractivity contribution in [1.29, 1.82) is 0 Å².